The Hall–Kier alpha value is -1.35. The van der Waals surface area contributed by atoms with Crippen LogP contribution >= 0.6 is 11.3 Å². The minimum Gasteiger partial charge on any atom is -0.373 e. The maximum absolute atomic E-state index is 12.3. The van der Waals surface area contributed by atoms with Crippen molar-refractivity contribution in [1.82, 2.24) is 5.32 Å². The molecule has 1 aromatic rings. The maximum atomic E-state index is 12.3. The van der Waals surface area contributed by atoms with Gasteiger partial charge in [0.05, 0.1) is 24.8 Å². The van der Waals surface area contributed by atoms with E-state index in [4.69, 9.17) is 10.5 Å². The van der Waals surface area contributed by atoms with Crippen molar-refractivity contribution in [3.63, 3.8) is 0 Å². The molecule has 0 spiro atoms. The topological polar surface area (TPSA) is 64.4 Å². The third-order valence-electron chi connectivity index (χ3n) is 3.62. The molecule has 0 saturated carbocycles. The van der Waals surface area contributed by atoms with Crippen molar-refractivity contribution in [2.24, 2.45) is 5.73 Å². The van der Waals surface area contributed by atoms with E-state index in [0.717, 1.165) is 24.8 Å². The molecule has 0 aromatic carbocycles. The van der Waals surface area contributed by atoms with Crippen LogP contribution in [0.25, 0.3) is 0 Å². The molecule has 3 rings (SSSR count). The number of nitrogens with one attached hydrogen (secondary N) is 1. The van der Waals surface area contributed by atoms with Crippen LogP contribution in [0.3, 0.4) is 0 Å². The summed E-state index contributed by atoms with van der Waals surface area (Å²) in [6, 6.07) is 2.02. The minimum atomic E-state index is -0.0440. The molecule has 100 valence electrons. The van der Waals surface area contributed by atoms with Gasteiger partial charge in [-0.3, -0.25) is 4.79 Å². The molecule has 2 aliphatic rings. The number of hydrogen-bond donors (Lipinski definition) is 2. The Morgan fingerprint density at radius 3 is 3.16 bits per heavy atom. The van der Waals surface area contributed by atoms with Crippen molar-refractivity contribution in [3.05, 3.63) is 21.9 Å². The van der Waals surface area contributed by atoms with Crippen LogP contribution < -0.4 is 11.1 Å². The fourth-order valence-electron chi connectivity index (χ4n) is 2.75. The number of nitrogens with two attached hydrogens (primary N) is 1. The first-order valence-corrected chi connectivity index (χ1v) is 7.38. The molecule has 4 nitrogen and oxygen atoms in total. The average molecular weight is 276 g/mol. The SMILES string of the molecule is NCC#Cc1ccsc1C(=O)NC1CC2CCC1O2. The van der Waals surface area contributed by atoms with Gasteiger partial charge in [0.2, 0.25) is 0 Å². The van der Waals surface area contributed by atoms with Crippen LogP contribution in [0.1, 0.15) is 34.5 Å². The highest BCUT2D eigenvalue weighted by Gasteiger charge is 2.41. The van der Waals surface area contributed by atoms with Gasteiger partial charge in [-0.05, 0) is 30.7 Å². The van der Waals surface area contributed by atoms with E-state index in [-0.39, 0.29) is 18.1 Å². The molecular formula is C14H16N2O2S. The molecule has 19 heavy (non-hydrogen) atoms. The third-order valence-corrected chi connectivity index (χ3v) is 4.53. The van der Waals surface area contributed by atoms with Gasteiger partial charge in [0.25, 0.3) is 5.91 Å². The smallest absolute Gasteiger partial charge is 0.262 e. The molecule has 5 heteroatoms. The predicted octanol–water partition coefficient (Wildman–Crippen LogP) is 1.11. The van der Waals surface area contributed by atoms with Crippen LogP contribution in [-0.4, -0.2) is 30.7 Å². The number of carbonyl (C=O) groups is 1. The highest BCUT2D eigenvalue weighted by Crippen LogP contribution is 2.34. The van der Waals surface area contributed by atoms with E-state index >= 15 is 0 Å². The maximum Gasteiger partial charge on any atom is 0.262 e. The summed E-state index contributed by atoms with van der Waals surface area (Å²) in [5.74, 6) is 5.68. The minimum absolute atomic E-state index is 0.0440. The van der Waals surface area contributed by atoms with Crippen molar-refractivity contribution in [2.75, 3.05) is 6.54 Å². The van der Waals surface area contributed by atoms with Crippen molar-refractivity contribution >= 4 is 17.2 Å². The zero-order valence-electron chi connectivity index (χ0n) is 10.5. The van der Waals surface area contributed by atoms with Crippen molar-refractivity contribution in [3.8, 4) is 11.8 Å². The van der Waals surface area contributed by atoms with E-state index in [9.17, 15) is 4.79 Å². The van der Waals surface area contributed by atoms with Gasteiger partial charge in [0, 0.05) is 5.56 Å². The van der Waals surface area contributed by atoms with Gasteiger partial charge >= 0.3 is 0 Å². The summed E-state index contributed by atoms with van der Waals surface area (Å²) in [5, 5.41) is 4.96. The Morgan fingerprint density at radius 2 is 2.47 bits per heavy atom. The second kappa shape index (κ2) is 5.33. The van der Waals surface area contributed by atoms with Gasteiger partial charge in [-0.25, -0.2) is 0 Å². The average Bonchev–Trinajstić information content (AvgIpc) is 3.11. The van der Waals surface area contributed by atoms with Gasteiger partial charge in [-0.1, -0.05) is 11.8 Å². The summed E-state index contributed by atoms with van der Waals surface area (Å²) < 4.78 is 5.74. The fraction of sp³-hybridized carbons (Fsp3) is 0.500. The van der Waals surface area contributed by atoms with E-state index in [1.165, 1.54) is 11.3 Å². The standard InChI is InChI=1S/C14H16N2O2S/c15-6-1-2-9-5-7-19-13(9)14(17)16-11-8-10-3-4-12(11)18-10/h5,7,10-12H,3-4,6,8,15H2,(H,16,17). The Morgan fingerprint density at radius 1 is 1.58 bits per heavy atom. The monoisotopic (exact) mass is 276 g/mol. The lowest BCUT2D eigenvalue weighted by Crippen LogP contribution is -2.41. The largest absolute Gasteiger partial charge is 0.373 e. The van der Waals surface area contributed by atoms with E-state index < -0.39 is 0 Å². The zero-order valence-corrected chi connectivity index (χ0v) is 11.3. The quantitative estimate of drug-likeness (QED) is 0.795. The Labute approximate surface area is 116 Å². The van der Waals surface area contributed by atoms with Crippen LogP contribution in [0.15, 0.2) is 11.4 Å². The molecule has 0 radical (unpaired) electrons. The summed E-state index contributed by atoms with van der Waals surface area (Å²) in [6.07, 6.45) is 3.66. The van der Waals surface area contributed by atoms with Gasteiger partial charge in [0.15, 0.2) is 0 Å². The molecule has 1 aromatic heterocycles. The summed E-state index contributed by atoms with van der Waals surface area (Å²) >= 11 is 1.42. The number of ether oxygens (including phenoxy) is 1. The summed E-state index contributed by atoms with van der Waals surface area (Å²) in [4.78, 5) is 12.9. The molecule has 2 saturated heterocycles. The van der Waals surface area contributed by atoms with Crippen molar-refractivity contribution in [2.45, 2.75) is 37.5 Å². The highest BCUT2D eigenvalue weighted by atomic mass is 32.1. The summed E-state index contributed by atoms with van der Waals surface area (Å²) in [5.41, 5.74) is 6.12. The normalized spacial score (nSPS) is 27.9. The van der Waals surface area contributed by atoms with Crippen molar-refractivity contribution in [1.29, 1.82) is 0 Å². The van der Waals surface area contributed by atoms with Gasteiger partial charge < -0.3 is 15.8 Å². The Bertz CT molecular complexity index is 543. The molecule has 2 aliphatic heterocycles. The summed E-state index contributed by atoms with van der Waals surface area (Å²) in [7, 11) is 0. The molecule has 3 heterocycles. The second-order valence-electron chi connectivity index (χ2n) is 4.86. The number of amides is 1. The lowest BCUT2D eigenvalue weighted by Gasteiger charge is -2.19. The lowest BCUT2D eigenvalue weighted by molar-refractivity contribution is 0.0843. The van der Waals surface area contributed by atoms with Crippen LogP contribution in [0.4, 0.5) is 0 Å². The van der Waals surface area contributed by atoms with Crippen LogP contribution in [0.2, 0.25) is 0 Å². The van der Waals surface area contributed by atoms with E-state index in [0.29, 0.717) is 17.5 Å². The molecular weight excluding hydrogens is 260 g/mol. The fourth-order valence-corrected chi connectivity index (χ4v) is 3.51. The zero-order chi connectivity index (χ0) is 13.2. The van der Waals surface area contributed by atoms with E-state index in [1.54, 1.807) is 0 Å². The van der Waals surface area contributed by atoms with E-state index in [2.05, 4.69) is 17.2 Å². The third kappa shape index (κ3) is 2.52. The molecule has 2 fully saturated rings. The first-order valence-electron chi connectivity index (χ1n) is 6.50. The predicted molar refractivity (Wildman–Crippen MR) is 74.0 cm³/mol. The number of fused-ring (bicyclic) bond motifs is 2. The van der Waals surface area contributed by atoms with Crippen LogP contribution in [0.5, 0.6) is 0 Å². The van der Waals surface area contributed by atoms with Crippen LogP contribution in [-0.2, 0) is 4.74 Å². The number of rotatable bonds is 2. The molecule has 3 atom stereocenters. The van der Waals surface area contributed by atoms with Gasteiger partial charge in [0.1, 0.15) is 4.88 Å². The van der Waals surface area contributed by atoms with Gasteiger partial charge in [-0.15, -0.1) is 11.3 Å². The number of thiophene rings is 1. The second-order valence-corrected chi connectivity index (χ2v) is 5.77. The van der Waals surface area contributed by atoms with Crippen molar-refractivity contribution < 1.29 is 9.53 Å². The molecule has 3 unspecified atom stereocenters. The molecule has 3 N–H and O–H groups in total. The van der Waals surface area contributed by atoms with Crippen LogP contribution in [0, 0.1) is 11.8 Å². The molecule has 2 bridgehead atoms. The summed E-state index contributed by atoms with van der Waals surface area (Å²) in [6.45, 7) is 0.303. The van der Waals surface area contributed by atoms with Gasteiger partial charge in [-0.2, -0.15) is 0 Å². The first-order chi connectivity index (χ1) is 9.28. The molecule has 0 aliphatic carbocycles. The Kier molecular flexibility index (Phi) is 3.56. The highest BCUT2D eigenvalue weighted by molar-refractivity contribution is 7.12. The Balaban J connectivity index is 1.69. The number of hydrogen-bond acceptors (Lipinski definition) is 4. The lowest BCUT2D eigenvalue weighted by atomic mass is 9.95. The molecule has 1 amide bonds. The van der Waals surface area contributed by atoms with E-state index in [1.807, 2.05) is 11.4 Å². The first kappa shape index (κ1) is 12.7. The number of carbonyl (C=O) groups excluding carboxylic acids is 1.